The summed E-state index contributed by atoms with van der Waals surface area (Å²) in [7, 11) is 0. The molecule has 0 saturated heterocycles. The number of hydrogen-bond donors (Lipinski definition) is 2. The van der Waals surface area contributed by atoms with Crippen molar-refractivity contribution >= 4 is 0 Å². The Balaban J connectivity index is 2.66. The van der Waals surface area contributed by atoms with E-state index in [1.165, 1.54) is 5.57 Å². The maximum atomic E-state index is 10.6. The monoisotopic (exact) mass is 290 g/mol. The number of aromatic hydroxyl groups is 2. The summed E-state index contributed by atoms with van der Waals surface area (Å²) in [4.78, 5) is 0. The van der Waals surface area contributed by atoms with Crippen molar-refractivity contribution in [2.45, 2.75) is 52.4 Å². The minimum absolute atomic E-state index is 0.0262. The molecule has 2 N–H and O–H groups in total. The molecule has 0 heterocycles. The summed E-state index contributed by atoms with van der Waals surface area (Å²) in [5, 5.41) is 21.1. The molecule has 114 valence electrons. The van der Waals surface area contributed by atoms with E-state index >= 15 is 0 Å². The molecule has 1 aliphatic rings. The largest absolute Gasteiger partial charge is 0.507 e. The molecular formula is C19H26O2. The maximum absolute atomic E-state index is 10.6. The first-order valence-electron chi connectivity index (χ1n) is 8.66. The van der Waals surface area contributed by atoms with Crippen LogP contribution in [0.1, 0.15) is 59.8 Å². The molecule has 0 radical (unpaired) electrons. The summed E-state index contributed by atoms with van der Waals surface area (Å²) in [6.45, 7) is 9.98. The summed E-state index contributed by atoms with van der Waals surface area (Å²) >= 11 is 0. The molecule has 2 heteroatoms. The van der Waals surface area contributed by atoms with Gasteiger partial charge in [-0.1, -0.05) is 37.1 Å². The summed E-state index contributed by atoms with van der Waals surface area (Å²) in [5.74, 6) is -0.509. The van der Waals surface area contributed by atoms with E-state index in [0.717, 1.165) is 24.8 Å². The van der Waals surface area contributed by atoms with Crippen LogP contribution >= 0.6 is 0 Å². The number of phenolic OH excluding ortho intramolecular Hbond substituents is 2. The second-order valence-electron chi connectivity index (χ2n) is 6.12. The molecule has 0 bridgehead atoms. The Morgan fingerprint density at radius 3 is 2.52 bits per heavy atom. The molecule has 0 amide bonds. The zero-order chi connectivity index (χ0) is 17.3. The number of rotatable bonds is 4. The van der Waals surface area contributed by atoms with E-state index in [1.54, 1.807) is 0 Å². The first-order valence-corrected chi connectivity index (χ1v) is 7.66. The van der Waals surface area contributed by atoms with E-state index in [4.69, 9.17) is 2.74 Å². The minimum Gasteiger partial charge on any atom is -0.507 e. The average Bonchev–Trinajstić information content (AvgIpc) is 2.49. The minimum atomic E-state index is -0.231. The predicted octanol–water partition coefficient (Wildman–Crippen LogP) is 5.07. The van der Waals surface area contributed by atoms with Crippen molar-refractivity contribution in [1.29, 1.82) is 0 Å². The number of benzene rings is 1. The van der Waals surface area contributed by atoms with Crippen LogP contribution in [0.15, 0.2) is 35.9 Å². The lowest BCUT2D eigenvalue weighted by Gasteiger charge is -2.31. The van der Waals surface area contributed by atoms with Gasteiger partial charge in [-0.2, -0.15) is 0 Å². The molecule has 1 aromatic rings. The Hall–Kier alpha value is -1.70. The zero-order valence-corrected chi connectivity index (χ0v) is 13.2. The Morgan fingerprint density at radius 1 is 1.38 bits per heavy atom. The third-order valence-electron chi connectivity index (χ3n) is 4.26. The fourth-order valence-corrected chi connectivity index (χ4v) is 3.16. The molecule has 1 aliphatic carbocycles. The van der Waals surface area contributed by atoms with E-state index in [1.807, 2.05) is 26.8 Å². The first kappa shape index (κ1) is 13.0. The summed E-state index contributed by atoms with van der Waals surface area (Å²) < 4.78 is 16.4. The number of hydrogen-bond acceptors (Lipinski definition) is 2. The maximum Gasteiger partial charge on any atom is 0.123 e. The molecule has 0 aliphatic heterocycles. The Morgan fingerprint density at radius 2 is 2.00 bits per heavy atom. The molecule has 2 atom stereocenters. The normalized spacial score (nSPS) is 23.3. The summed E-state index contributed by atoms with van der Waals surface area (Å²) in [5.41, 5.74) is 2.91. The van der Waals surface area contributed by atoms with Gasteiger partial charge in [0.25, 0.3) is 0 Å². The third kappa shape index (κ3) is 3.31. The molecule has 0 aromatic heterocycles. The molecule has 1 unspecified atom stereocenters. The Bertz CT molecular complexity index is 633. The molecular weight excluding hydrogens is 260 g/mol. The second-order valence-corrected chi connectivity index (χ2v) is 6.12. The van der Waals surface area contributed by atoms with Crippen LogP contribution < -0.4 is 0 Å². The van der Waals surface area contributed by atoms with Crippen molar-refractivity contribution in [3.63, 3.8) is 0 Å². The fourth-order valence-electron chi connectivity index (χ4n) is 3.16. The van der Waals surface area contributed by atoms with Gasteiger partial charge in [-0.3, -0.25) is 0 Å². The molecule has 0 spiro atoms. The molecule has 1 aromatic carbocycles. The van der Waals surface area contributed by atoms with E-state index in [0.29, 0.717) is 17.5 Å². The lowest BCUT2D eigenvalue weighted by atomic mass is 9.73. The lowest BCUT2D eigenvalue weighted by molar-refractivity contribution is 0.406. The van der Waals surface area contributed by atoms with Crippen LogP contribution in [-0.2, 0) is 6.42 Å². The van der Waals surface area contributed by atoms with E-state index in [2.05, 4.69) is 6.58 Å². The van der Waals surface area contributed by atoms with Crippen LogP contribution in [0.5, 0.6) is 11.5 Å². The predicted molar refractivity (Wildman–Crippen MR) is 87.8 cm³/mol. The van der Waals surface area contributed by atoms with Crippen molar-refractivity contribution in [3.8, 4) is 11.5 Å². The Labute approximate surface area is 130 Å². The van der Waals surface area contributed by atoms with Gasteiger partial charge in [0.2, 0.25) is 0 Å². The van der Waals surface area contributed by atoms with Gasteiger partial charge in [-0.05, 0) is 56.7 Å². The van der Waals surface area contributed by atoms with Crippen LogP contribution in [0.4, 0.5) is 0 Å². The summed E-state index contributed by atoms with van der Waals surface area (Å²) in [6.07, 6.45) is 5.16. The molecule has 0 fully saturated rings. The molecule has 2 rings (SSSR count). The SMILES string of the molecule is [3H]c1c(O)c(C2C=C(C)CC[C@H]2C(=C)C)c(O)c([3H])c1CCC. The van der Waals surface area contributed by atoms with Crippen LogP contribution in [-0.4, -0.2) is 10.2 Å². The highest BCUT2D eigenvalue weighted by atomic mass is 16.3. The van der Waals surface area contributed by atoms with Crippen molar-refractivity contribution in [2.75, 3.05) is 0 Å². The van der Waals surface area contributed by atoms with Crippen LogP contribution in [0.2, 0.25) is 0 Å². The number of phenols is 2. The van der Waals surface area contributed by atoms with Crippen molar-refractivity contribution in [3.05, 3.63) is 47.0 Å². The van der Waals surface area contributed by atoms with Crippen molar-refractivity contribution < 1.29 is 13.0 Å². The molecule has 0 saturated carbocycles. The van der Waals surface area contributed by atoms with Crippen molar-refractivity contribution in [2.24, 2.45) is 5.92 Å². The number of allylic oxidation sites excluding steroid dienone is 3. The lowest BCUT2D eigenvalue weighted by Crippen LogP contribution is -2.17. The van der Waals surface area contributed by atoms with Crippen molar-refractivity contribution in [1.82, 2.24) is 0 Å². The Kier molecular flexibility index (Phi) is 3.95. The fraction of sp³-hybridized carbons (Fsp3) is 0.474. The van der Waals surface area contributed by atoms with Gasteiger partial charge >= 0.3 is 0 Å². The zero-order valence-electron chi connectivity index (χ0n) is 15.2. The van der Waals surface area contributed by atoms with Crippen LogP contribution in [0, 0.1) is 5.92 Å². The first-order chi connectivity index (χ1) is 10.8. The highest BCUT2D eigenvalue weighted by Crippen LogP contribution is 2.46. The molecule has 2 nitrogen and oxygen atoms in total. The second kappa shape index (κ2) is 6.38. The van der Waals surface area contributed by atoms with Crippen LogP contribution in [0.3, 0.4) is 0 Å². The van der Waals surface area contributed by atoms with E-state index in [9.17, 15) is 10.2 Å². The smallest absolute Gasteiger partial charge is 0.123 e. The standard InChI is InChI=1S/C19H26O2/c1-5-6-14-10-17(20)19(18(21)11-14)16-9-13(4)7-8-15(16)12(2)3/h9-11,15-16,20-21H,2,5-8H2,1,3-4H3/t15-,16?/m0/s1/i10T,11T. The van der Waals surface area contributed by atoms with E-state index in [-0.39, 0.29) is 35.4 Å². The van der Waals surface area contributed by atoms with Gasteiger partial charge in [0.15, 0.2) is 0 Å². The van der Waals surface area contributed by atoms with Gasteiger partial charge in [0.1, 0.15) is 11.5 Å². The summed E-state index contributed by atoms with van der Waals surface area (Å²) in [6, 6.07) is -0.0523. The highest BCUT2D eigenvalue weighted by Gasteiger charge is 2.29. The van der Waals surface area contributed by atoms with E-state index < -0.39 is 0 Å². The van der Waals surface area contributed by atoms with Gasteiger partial charge < -0.3 is 10.2 Å². The highest BCUT2D eigenvalue weighted by molar-refractivity contribution is 5.51. The average molecular weight is 290 g/mol. The quantitative estimate of drug-likeness (QED) is 0.760. The topological polar surface area (TPSA) is 40.5 Å². The van der Waals surface area contributed by atoms with Crippen LogP contribution in [0.25, 0.3) is 0 Å². The van der Waals surface area contributed by atoms with Gasteiger partial charge in [0, 0.05) is 11.5 Å². The van der Waals surface area contributed by atoms with Gasteiger partial charge in [-0.15, -0.1) is 0 Å². The van der Waals surface area contributed by atoms with Gasteiger partial charge in [0.05, 0.1) is 2.74 Å². The van der Waals surface area contributed by atoms with Gasteiger partial charge in [-0.25, -0.2) is 0 Å². The third-order valence-corrected chi connectivity index (χ3v) is 4.26. The molecule has 21 heavy (non-hydrogen) atoms.